The van der Waals surface area contributed by atoms with Crippen LogP contribution < -0.4 is 0 Å². The molecule has 6 rings (SSSR count). The van der Waals surface area contributed by atoms with E-state index in [1.165, 1.54) is 38.6 Å². The van der Waals surface area contributed by atoms with Crippen LogP contribution in [0.1, 0.15) is 22.5 Å². The average Bonchev–Trinajstić information content (AvgIpc) is 3.31. The first kappa shape index (κ1) is 15.8. The molecule has 2 heterocycles. The zero-order valence-electron chi connectivity index (χ0n) is 16.0. The van der Waals surface area contributed by atoms with E-state index >= 15 is 0 Å². The fourth-order valence-corrected chi connectivity index (χ4v) is 4.50. The zero-order valence-corrected chi connectivity index (χ0v) is 16.0. The van der Waals surface area contributed by atoms with Crippen LogP contribution in [0.15, 0.2) is 69.5 Å². The summed E-state index contributed by atoms with van der Waals surface area (Å²) >= 11 is 0. The van der Waals surface area contributed by atoms with Gasteiger partial charge in [0, 0.05) is 17.4 Å². The maximum absolute atomic E-state index is 6.25. The first-order chi connectivity index (χ1) is 13.7. The minimum Gasteiger partial charge on any atom is -0.457 e. The molecule has 0 bridgehead atoms. The van der Waals surface area contributed by atoms with E-state index in [2.05, 4.69) is 74.5 Å². The predicted octanol–water partition coefficient (Wildman–Crippen LogP) is 7.23. The lowest BCUT2D eigenvalue weighted by Gasteiger charge is -2.15. The highest BCUT2D eigenvalue weighted by atomic mass is 16.4. The topological polar surface area (TPSA) is 26.3 Å². The van der Waals surface area contributed by atoms with E-state index in [0.29, 0.717) is 0 Å². The van der Waals surface area contributed by atoms with Gasteiger partial charge >= 0.3 is 0 Å². The number of rotatable bonds is 1. The molecule has 1 aliphatic rings. The molecule has 0 saturated heterocycles. The Labute approximate surface area is 163 Å². The van der Waals surface area contributed by atoms with Crippen molar-refractivity contribution in [3.63, 3.8) is 0 Å². The Morgan fingerprint density at radius 1 is 0.643 bits per heavy atom. The third kappa shape index (κ3) is 2.27. The van der Waals surface area contributed by atoms with Crippen molar-refractivity contribution in [2.75, 3.05) is 0 Å². The lowest BCUT2D eigenvalue weighted by Crippen LogP contribution is -2.01. The Bertz CT molecular complexity index is 1380. The Balaban J connectivity index is 1.52. The molecule has 5 aromatic rings. The molecule has 136 valence electrons. The van der Waals surface area contributed by atoms with Crippen LogP contribution in [0.3, 0.4) is 0 Å². The minimum absolute atomic E-state index is 0.797. The van der Waals surface area contributed by atoms with Crippen LogP contribution in [0, 0.1) is 13.8 Å². The highest BCUT2D eigenvalue weighted by Gasteiger charge is 2.22. The van der Waals surface area contributed by atoms with Gasteiger partial charge < -0.3 is 8.83 Å². The summed E-state index contributed by atoms with van der Waals surface area (Å²) < 4.78 is 12.4. The predicted molar refractivity (Wildman–Crippen MR) is 114 cm³/mol. The summed E-state index contributed by atoms with van der Waals surface area (Å²) in [5.74, 6) is 2.67. The second-order valence-corrected chi connectivity index (χ2v) is 7.92. The quantitative estimate of drug-likeness (QED) is 0.314. The minimum atomic E-state index is 0.797. The molecule has 0 amide bonds. The van der Waals surface area contributed by atoms with Gasteiger partial charge in [0.1, 0.15) is 11.3 Å². The van der Waals surface area contributed by atoms with Crippen molar-refractivity contribution >= 4 is 21.7 Å². The van der Waals surface area contributed by atoms with Gasteiger partial charge in [-0.25, -0.2) is 0 Å². The maximum atomic E-state index is 6.25. The fourth-order valence-electron chi connectivity index (χ4n) is 4.50. The Morgan fingerprint density at radius 3 is 2.39 bits per heavy atom. The largest absolute Gasteiger partial charge is 0.457 e. The van der Waals surface area contributed by atoms with E-state index in [4.69, 9.17) is 8.83 Å². The molecular weight excluding hydrogens is 344 g/mol. The molecule has 2 heteroatoms. The fraction of sp³-hybridized carbons (Fsp3) is 0.154. The molecule has 0 radical (unpaired) electrons. The van der Waals surface area contributed by atoms with E-state index in [-0.39, 0.29) is 0 Å². The van der Waals surface area contributed by atoms with Gasteiger partial charge in [-0.1, -0.05) is 53.6 Å². The smallest absolute Gasteiger partial charge is 0.170 e. The van der Waals surface area contributed by atoms with Crippen molar-refractivity contribution in [1.29, 1.82) is 0 Å². The summed E-state index contributed by atoms with van der Waals surface area (Å²) in [7, 11) is 0. The lowest BCUT2D eigenvalue weighted by molar-refractivity contribution is 0.499. The van der Waals surface area contributed by atoms with Gasteiger partial charge in [0.2, 0.25) is 0 Å². The molecule has 0 unspecified atom stereocenters. The van der Waals surface area contributed by atoms with E-state index in [1.807, 2.05) is 0 Å². The number of aryl methyl sites for hydroxylation is 4. The van der Waals surface area contributed by atoms with Gasteiger partial charge in [0.25, 0.3) is 0 Å². The molecule has 3 aromatic carbocycles. The standard InChI is InChI=1S/C26H20O2/c1-15-3-7-19-17(11-15)5-9-23-21(19)13-25(27-23)26-14-22-20-8-4-16(2)12-18(20)6-10-24(22)28-26/h3-5,7-9,11-14H,6,10H2,1-2H3. The molecule has 28 heavy (non-hydrogen) atoms. The number of furan rings is 2. The van der Waals surface area contributed by atoms with E-state index in [9.17, 15) is 0 Å². The van der Waals surface area contributed by atoms with Crippen LogP contribution in [0.5, 0.6) is 0 Å². The molecular formula is C26H20O2. The molecule has 0 saturated carbocycles. The van der Waals surface area contributed by atoms with Gasteiger partial charge in [-0.15, -0.1) is 0 Å². The van der Waals surface area contributed by atoms with Crippen molar-refractivity contribution in [2.24, 2.45) is 0 Å². The molecule has 0 spiro atoms. The Hall–Kier alpha value is -3.26. The van der Waals surface area contributed by atoms with E-state index < -0.39 is 0 Å². The van der Waals surface area contributed by atoms with E-state index in [1.54, 1.807) is 0 Å². The molecule has 0 aliphatic heterocycles. The van der Waals surface area contributed by atoms with Gasteiger partial charge in [-0.3, -0.25) is 0 Å². The molecule has 2 nitrogen and oxygen atoms in total. The van der Waals surface area contributed by atoms with Crippen LogP contribution in [0.4, 0.5) is 0 Å². The van der Waals surface area contributed by atoms with Gasteiger partial charge in [0.05, 0.1) is 0 Å². The van der Waals surface area contributed by atoms with Crippen LogP contribution in [0.25, 0.3) is 44.4 Å². The van der Waals surface area contributed by atoms with Crippen molar-refractivity contribution in [3.8, 4) is 22.6 Å². The monoisotopic (exact) mass is 364 g/mol. The van der Waals surface area contributed by atoms with Gasteiger partial charge in [0.15, 0.2) is 11.5 Å². The van der Waals surface area contributed by atoms with Crippen molar-refractivity contribution in [2.45, 2.75) is 26.7 Å². The highest BCUT2D eigenvalue weighted by molar-refractivity contribution is 6.07. The SMILES string of the molecule is Cc1ccc2c(c1)CCc1oc(-c3cc4c(ccc5cc(C)ccc54)o3)cc1-2. The van der Waals surface area contributed by atoms with Gasteiger partial charge in [-0.2, -0.15) is 0 Å². The number of fused-ring (bicyclic) bond motifs is 6. The van der Waals surface area contributed by atoms with Crippen LogP contribution in [-0.2, 0) is 12.8 Å². The lowest BCUT2D eigenvalue weighted by atomic mass is 9.89. The molecule has 2 aromatic heterocycles. The Morgan fingerprint density at radius 2 is 1.46 bits per heavy atom. The Kier molecular flexibility index (Phi) is 3.16. The molecule has 1 aliphatic carbocycles. The number of hydrogen-bond acceptors (Lipinski definition) is 2. The molecule has 0 fully saturated rings. The van der Waals surface area contributed by atoms with Crippen LogP contribution in [0.2, 0.25) is 0 Å². The maximum Gasteiger partial charge on any atom is 0.170 e. The van der Waals surface area contributed by atoms with Crippen molar-refractivity contribution < 1.29 is 8.83 Å². The van der Waals surface area contributed by atoms with Crippen molar-refractivity contribution in [1.82, 2.24) is 0 Å². The second kappa shape index (κ2) is 5.62. The van der Waals surface area contributed by atoms with Crippen LogP contribution >= 0.6 is 0 Å². The van der Waals surface area contributed by atoms with E-state index in [0.717, 1.165) is 41.1 Å². The molecule has 0 N–H and O–H groups in total. The molecule has 0 atom stereocenters. The number of hydrogen-bond donors (Lipinski definition) is 0. The van der Waals surface area contributed by atoms with Crippen molar-refractivity contribution in [3.05, 3.63) is 83.1 Å². The average molecular weight is 364 g/mol. The summed E-state index contributed by atoms with van der Waals surface area (Å²) in [6, 6.07) is 21.7. The first-order valence-electron chi connectivity index (χ1n) is 9.82. The third-order valence-electron chi connectivity index (χ3n) is 5.90. The van der Waals surface area contributed by atoms with Crippen LogP contribution in [-0.4, -0.2) is 0 Å². The van der Waals surface area contributed by atoms with Gasteiger partial charge in [-0.05, 0) is 60.4 Å². The summed E-state index contributed by atoms with van der Waals surface area (Å²) in [5, 5.41) is 3.59. The summed E-state index contributed by atoms with van der Waals surface area (Å²) in [4.78, 5) is 0. The summed E-state index contributed by atoms with van der Waals surface area (Å²) in [5.41, 5.74) is 7.38. The second-order valence-electron chi connectivity index (χ2n) is 7.92. The summed E-state index contributed by atoms with van der Waals surface area (Å²) in [6.45, 7) is 4.27. The first-order valence-corrected chi connectivity index (χ1v) is 9.82. The summed E-state index contributed by atoms with van der Waals surface area (Å²) in [6.07, 6.45) is 1.97. The zero-order chi connectivity index (χ0) is 18.8. The highest BCUT2D eigenvalue weighted by Crippen LogP contribution is 2.41. The normalized spacial score (nSPS) is 13.1. The third-order valence-corrected chi connectivity index (χ3v) is 5.90. The number of benzene rings is 3.